The second-order valence-electron chi connectivity index (χ2n) is 8.32. The predicted octanol–water partition coefficient (Wildman–Crippen LogP) is 2.73. The third-order valence-electron chi connectivity index (χ3n) is 5.75. The molecule has 0 aliphatic carbocycles. The van der Waals surface area contributed by atoms with Crippen molar-refractivity contribution in [3.8, 4) is 0 Å². The molecule has 26 heavy (non-hydrogen) atoms. The number of piperidine rings is 1. The lowest BCUT2D eigenvalue weighted by Crippen LogP contribution is -2.54. The quantitative estimate of drug-likeness (QED) is 0.882. The summed E-state index contributed by atoms with van der Waals surface area (Å²) in [6.45, 7) is 9.71. The molecular weight excluding hydrogens is 326 g/mol. The molecule has 0 radical (unpaired) electrons. The first kappa shape index (κ1) is 18.9. The number of benzene rings is 1. The van der Waals surface area contributed by atoms with E-state index in [4.69, 9.17) is 0 Å². The molecule has 2 saturated heterocycles. The standard InChI is InChI=1S/C21H31N3O2/c1-16-7-9-18(10-8-16)24-14-17(13-19(24)25)20(26)22-15-21(2,3)23-11-5-4-6-12-23/h7-10,17H,4-6,11-15H2,1-3H3,(H,22,26). The van der Waals surface area contributed by atoms with Crippen molar-refractivity contribution < 1.29 is 9.59 Å². The van der Waals surface area contributed by atoms with Crippen LogP contribution in [0.3, 0.4) is 0 Å². The average Bonchev–Trinajstić information content (AvgIpc) is 3.03. The third kappa shape index (κ3) is 4.26. The molecule has 1 aromatic rings. The first-order chi connectivity index (χ1) is 12.4. The number of carbonyl (C=O) groups excluding carboxylic acids is 2. The van der Waals surface area contributed by atoms with Gasteiger partial charge in [-0.15, -0.1) is 0 Å². The molecule has 1 aromatic carbocycles. The van der Waals surface area contributed by atoms with Gasteiger partial charge in [0.25, 0.3) is 0 Å². The molecule has 2 fully saturated rings. The summed E-state index contributed by atoms with van der Waals surface area (Å²) in [5.74, 6) is -0.233. The number of nitrogens with zero attached hydrogens (tertiary/aromatic N) is 2. The number of hydrogen-bond acceptors (Lipinski definition) is 3. The normalized spacial score (nSPS) is 21.9. The van der Waals surface area contributed by atoms with Gasteiger partial charge in [-0.2, -0.15) is 0 Å². The zero-order valence-corrected chi connectivity index (χ0v) is 16.3. The summed E-state index contributed by atoms with van der Waals surface area (Å²) in [6.07, 6.45) is 4.07. The van der Waals surface area contributed by atoms with E-state index in [1.807, 2.05) is 31.2 Å². The minimum Gasteiger partial charge on any atom is -0.354 e. The number of rotatable bonds is 5. The second-order valence-corrected chi connectivity index (χ2v) is 8.32. The molecule has 2 aliphatic rings. The second kappa shape index (κ2) is 7.78. The van der Waals surface area contributed by atoms with Crippen LogP contribution in [0.5, 0.6) is 0 Å². The Morgan fingerprint density at radius 3 is 2.46 bits per heavy atom. The lowest BCUT2D eigenvalue weighted by atomic mass is 9.98. The SMILES string of the molecule is Cc1ccc(N2CC(C(=O)NCC(C)(C)N3CCCCC3)CC2=O)cc1. The van der Waals surface area contributed by atoms with Crippen molar-refractivity contribution in [2.45, 2.75) is 52.0 Å². The fourth-order valence-corrected chi connectivity index (χ4v) is 3.92. The number of nitrogens with one attached hydrogen (secondary N) is 1. The number of hydrogen-bond donors (Lipinski definition) is 1. The van der Waals surface area contributed by atoms with Crippen LogP contribution in [0.1, 0.15) is 45.1 Å². The van der Waals surface area contributed by atoms with E-state index in [1.165, 1.54) is 19.3 Å². The molecule has 0 spiro atoms. The Morgan fingerprint density at radius 2 is 1.81 bits per heavy atom. The highest BCUT2D eigenvalue weighted by molar-refractivity contribution is 6.00. The molecule has 5 heteroatoms. The molecule has 2 heterocycles. The van der Waals surface area contributed by atoms with Crippen LogP contribution in [0.25, 0.3) is 0 Å². The zero-order chi connectivity index (χ0) is 18.7. The highest BCUT2D eigenvalue weighted by atomic mass is 16.2. The number of amides is 2. The molecule has 1 atom stereocenters. The third-order valence-corrected chi connectivity index (χ3v) is 5.75. The van der Waals surface area contributed by atoms with Gasteiger partial charge >= 0.3 is 0 Å². The van der Waals surface area contributed by atoms with E-state index in [0.717, 1.165) is 24.3 Å². The largest absolute Gasteiger partial charge is 0.354 e. The van der Waals surface area contributed by atoms with Gasteiger partial charge in [-0.25, -0.2) is 0 Å². The topological polar surface area (TPSA) is 52.7 Å². The van der Waals surface area contributed by atoms with Crippen LogP contribution >= 0.6 is 0 Å². The van der Waals surface area contributed by atoms with Gasteiger partial charge in [0.15, 0.2) is 0 Å². The summed E-state index contributed by atoms with van der Waals surface area (Å²) in [5.41, 5.74) is 1.99. The molecule has 142 valence electrons. The molecule has 2 aliphatic heterocycles. The van der Waals surface area contributed by atoms with Crippen LogP contribution < -0.4 is 10.2 Å². The van der Waals surface area contributed by atoms with Gasteiger partial charge in [0.05, 0.1) is 5.92 Å². The molecule has 0 saturated carbocycles. The van der Waals surface area contributed by atoms with Crippen molar-refractivity contribution in [3.63, 3.8) is 0 Å². The lowest BCUT2D eigenvalue weighted by Gasteiger charge is -2.41. The van der Waals surface area contributed by atoms with Gasteiger partial charge in [-0.3, -0.25) is 14.5 Å². The van der Waals surface area contributed by atoms with E-state index in [1.54, 1.807) is 4.90 Å². The average molecular weight is 357 g/mol. The van der Waals surface area contributed by atoms with Crippen LogP contribution in [-0.2, 0) is 9.59 Å². The Balaban J connectivity index is 1.55. The van der Waals surface area contributed by atoms with Crippen LogP contribution in [0.4, 0.5) is 5.69 Å². The molecular formula is C21H31N3O2. The Hall–Kier alpha value is -1.88. The van der Waals surface area contributed by atoms with Gasteiger partial charge in [0.2, 0.25) is 11.8 Å². The van der Waals surface area contributed by atoms with Crippen molar-refractivity contribution >= 4 is 17.5 Å². The van der Waals surface area contributed by atoms with E-state index in [2.05, 4.69) is 24.1 Å². The van der Waals surface area contributed by atoms with E-state index in [0.29, 0.717) is 19.5 Å². The fourth-order valence-electron chi connectivity index (χ4n) is 3.92. The summed E-state index contributed by atoms with van der Waals surface area (Å²) in [5, 5.41) is 3.10. The van der Waals surface area contributed by atoms with Crippen LogP contribution in [0.15, 0.2) is 24.3 Å². The number of aryl methyl sites for hydroxylation is 1. The van der Waals surface area contributed by atoms with E-state index >= 15 is 0 Å². The first-order valence-electron chi connectivity index (χ1n) is 9.76. The first-order valence-corrected chi connectivity index (χ1v) is 9.76. The van der Waals surface area contributed by atoms with Gasteiger partial charge in [0, 0.05) is 30.7 Å². The Labute approximate surface area is 156 Å². The summed E-state index contributed by atoms with van der Waals surface area (Å²) in [7, 11) is 0. The minimum atomic E-state index is -0.263. The monoisotopic (exact) mass is 357 g/mol. The van der Waals surface area contributed by atoms with Crippen molar-refractivity contribution in [2.75, 3.05) is 31.1 Å². The Morgan fingerprint density at radius 1 is 1.15 bits per heavy atom. The summed E-state index contributed by atoms with van der Waals surface area (Å²) >= 11 is 0. The molecule has 3 rings (SSSR count). The number of carbonyl (C=O) groups is 2. The summed E-state index contributed by atoms with van der Waals surface area (Å²) < 4.78 is 0. The van der Waals surface area contributed by atoms with Gasteiger partial charge in [0.1, 0.15) is 0 Å². The van der Waals surface area contributed by atoms with E-state index in [-0.39, 0.29) is 23.3 Å². The molecule has 1 unspecified atom stereocenters. The molecule has 5 nitrogen and oxygen atoms in total. The zero-order valence-electron chi connectivity index (χ0n) is 16.3. The molecule has 0 bridgehead atoms. The number of anilines is 1. The smallest absolute Gasteiger partial charge is 0.227 e. The Bertz CT molecular complexity index is 648. The maximum Gasteiger partial charge on any atom is 0.227 e. The van der Waals surface area contributed by atoms with Gasteiger partial charge in [-0.1, -0.05) is 24.1 Å². The number of likely N-dealkylation sites (tertiary alicyclic amines) is 1. The van der Waals surface area contributed by atoms with Gasteiger partial charge in [-0.05, 0) is 58.8 Å². The summed E-state index contributed by atoms with van der Waals surface area (Å²) in [4.78, 5) is 29.2. The van der Waals surface area contributed by atoms with Crippen LogP contribution in [0.2, 0.25) is 0 Å². The summed E-state index contributed by atoms with van der Waals surface area (Å²) in [6, 6.07) is 7.90. The molecule has 2 amide bonds. The van der Waals surface area contributed by atoms with E-state index in [9.17, 15) is 9.59 Å². The molecule has 1 N–H and O–H groups in total. The highest BCUT2D eigenvalue weighted by Crippen LogP contribution is 2.26. The van der Waals surface area contributed by atoms with Crippen molar-refractivity contribution in [2.24, 2.45) is 5.92 Å². The van der Waals surface area contributed by atoms with Crippen molar-refractivity contribution in [1.82, 2.24) is 10.2 Å². The van der Waals surface area contributed by atoms with Crippen molar-refractivity contribution in [1.29, 1.82) is 0 Å². The maximum absolute atomic E-state index is 12.6. The lowest BCUT2D eigenvalue weighted by molar-refractivity contribution is -0.126. The fraction of sp³-hybridized carbons (Fsp3) is 0.619. The molecule has 0 aromatic heterocycles. The van der Waals surface area contributed by atoms with Crippen molar-refractivity contribution in [3.05, 3.63) is 29.8 Å². The van der Waals surface area contributed by atoms with E-state index < -0.39 is 0 Å². The van der Waals surface area contributed by atoms with Gasteiger partial charge < -0.3 is 10.2 Å². The Kier molecular flexibility index (Phi) is 5.66. The predicted molar refractivity (Wildman–Crippen MR) is 104 cm³/mol. The maximum atomic E-state index is 12.6. The highest BCUT2D eigenvalue weighted by Gasteiger charge is 2.36. The minimum absolute atomic E-state index is 0.00181. The van der Waals surface area contributed by atoms with Crippen LogP contribution in [-0.4, -0.2) is 48.4 Å². The van der Waals surface area contributed by atoms with Crippen LogP contribution in [0, 0.1) is 12.8 Å².